The van der Waals surface area contributed by atoms with Crippen molar-refractivity contribution in [1.29, 1.82) is 0 Å². The van der Waals surface area contributed by atoms with Crippen molar-refractivity contribution in [2.45, 2.75) is 127 Å². The van der Waals surface area contributed by atoms with Crippen LogP contribution in [-0.2, 0) is 78.7 Å². The lowest BCUT2D eigenvalue weighted by Crippen LogP contribution is -2.51. The predicted octanol–water partition coefficient (Wildman–Crippen LogP) is 17.5. The van der Waals surface area contributed by atoms with E-state index >= 15 is 0 Å². The number of carbonyl (C=O) groups excluding carboxylic acids is 4. The lowest BCUT2D eigenvalue weighted by atomic mass is 9.49. The molecule has 24 aromatic rings. The maximum atomic E-state index is 13.2. The number of nitrogens with zero attached hydrogens (tertiary/aromatic N) is 4. The molecule has 2 aliphatic heterocycles. The van der Waals surface area contributed by atoms with E-state index in [0.29, 0.717) is 65.9 Å². The van der Waals surface area contributed by atoms with Crippen molar-refractivity contribution in [2.24, 2.45) is 0 Å². The van der Waals surface area contributed by atoms with E-state index in [1.807, 2.05) is 83.1 Å². The third kappa shape index (κ3) is 5.39. The molecule has 16 heteroatoms. The molecule has 0 aromatic heterocycles. The molecule has 0 radical (unpaired) electrons. The van der Waals surface area contributed by atoms with E-state index in [1.165, 1.54) is 0 Å². The number of likely N-dealkylation sites (tertiary alicyclic amines) is 2. The number of benzene rings is 16. The number of ether oxygens (including phenoxy) is 8. The van der Waals surface area contributed by atoms with Crippen LogP contribution in [0.2, 0.25) is 0 Å². The molecule has 2 saturated heterocycles. The molecule has 0 amide bonds. The van der Waals surface area contributed by atoms with Crippen molar-refractivity contribution < 1.29 is 57.1 Å². The molecule has 10 aliphatic rings. The second-order valence-electron chi connectivity index (χ2n) is 42.3. The van der Waals surface area contributed by atoms with Crippen LogP contribution in [0.15, 0.2) is 0 Å². The lowest BCUT2D eigenvalue weighted by molar-refractivity contribution is -0.162. The van der Waals surface area contributed by atoms with Crippen LogP contribution in [0.4, 0.5) is 0 Å². The van der Waals surface area contributed by atoms with E-state index in [-0.39, 0.29) is 47.8 Å². The molecule has 0 bridgehead atoms. The van der Waals surface area contributed by atoms with Gasteiger partial charge in [-0.1, -0.05) is 0 Å². The van der Waals surface area contributed by atoms with Gasteiger partial charge in [-0.25, -0.2) is 0 Å². The number of hydrogen-bond acceptors (Lipinski definition) is 16. The Balaban J connectivity index is 0.571. The van der Waals surface area contributed by atoms with Gasteiger partial charge in [0.15, 0.2) is 0 Å². The van der Waals surface area contributed by atoms with Gasteiger partial charge in [-0.15, -0.1) is 0 Å². The number of esters is 4. The molecule has 2 fully saturated rings. The van der Waals surface area contributed by atoms with Crippen molar-refractivity contribution in [3.63, 3.8) is 0 Å². The Morgan fingerprint density at radius 3 is 0.552 bits per heavy atom. The summed E-state index contributed by atoms with van der Waals surface area (Å²) in [7, 11) is 0. The van der Waals surface area contributed by atoms with Crippen molar-refractivity contribution >= 4 is 282 Å². The highest BCUT2D eigenvalue weighted by Gasteiger charge is 2.77. The van der Waals surface area contributed by atoms with E-state index in [9.17, 15) is 19.2 Å². The van der Waals surface area contributed by atoms with Crippen molar-refractivity contribution in [1.82, 2.24) is 19.6 Å². The number of rotatable bonds is 26. The van der Waals surface area contributed by atoms with Gasteiger partial charge < -0.3 is 37.9 Å². The molecule has 4 atom stereocenters. The summed E-state index contributed by atoms with van der Waals surface area (Å²) in [5, 5.41) is 77.4. The third-order valence-electron chi connectivity index (χ3n) is 32.8. The fourth-order valence-electron chi connectivity index (χ4n) is 31.6. The van der Waals surface area contributed by atoms with Crippen LogP contribution in [0.3, 0.4) is 0 Å². The van der Waals surface area contributed by atoms with Gasteiger partial charge in [-0.05, 0) is 386 Å². The van der Waals surface area contributed by atoms with Crippen molar-refractivity contribution in [2.75, 3.05) is 131 Å². The Hall–Kier alpha value is -9.72. The van der Waals surface area contributed by atoms with Gasteiger partial charge in [0, 0.05) is 52.4 Å². The van der Waals surface area contributed by atoms with E-state index in [4.69, 9.17) is 37.9 Å². The average Bonchev–Trinajstić information content (AvgIpc) is 1.37. The largest absolute Gasteiger partial charge is 0.459 e. The normalized spacial score (nSPS) is 22.5. The molecule has 34 rings (SSSR count). The second-order valence-corrected chi connectivity index (χ2v) is 42.3. The minimum absolute atomic E-state index is 0.0474. The fourth-order valence-corrected chi connectivity index (χ4v) is 31.6. The lowest BCUT2D eigenvalue weighted by Gasteiger charge is -2.51. The van der Waals surface area contributed by atoms with Gasteiger partial charge in [-0.3, -0.25) is 38.8 Å². The molecule has 2 heterocycles. The summed E-state index contributed by atoms with van der Waals surface area (Å²) in [5.74, 6) is -1.57. The van der Waals surface area contributed by atoms with Crippen LogP contribution in [0.5, 0.6) is 0 Å². The minimum atomic E-state index is -0.657. The fraction of sp³-hybridized carbons (Fsp3) is 0.400. The summed E-state index contributed by atoms with van der Waals surface area (Å²) >= 11 is 0. The predicted molar refractivity (Wildman–Crippen MR) is 459 cm³/mol. The molecular formula is C100H76N4O12. The van der Waals surface area contributed by atoms with Gasteiger partial charge in [0.25, 0.3) is 0 Å². The smallest absolute Gasteiger partial charge is 0.320 e. The van der Waals surface area contributed by atoms with Gasteiger partial charge >= 0.3 is 23.9 Å². The Kier molecular flexibility index (Phi) is 9.11. The SMILES string of the molecule is CC(C)(C)OC(=O)CN(CCOCCOCCN1CC23c4c5c6c7c8c4c4c2c2c9c%10c%11c%12c(c5c5c6c6c%13c%14c%15c%16c%17c(c8c8c4c4c2c2c9c9c%11c%11c%18c%12c5c%13c%18c5c%14c%12c%16c%13c%17c8c4c4c2c2c9c%11c5c%12c2c%134)C72CN(CCOCCOCCN(CC(=O)OC(C)(C)C)CC(=O)OC(C)(C)C)CC6%152)C%103C1)CC(=O)OC(C)(C)C. The Bertz CT molecular complexity index is 8230. The van der Waals surface area contributed by atoms with Crippen LogP contribution < -0.4 is 0 Å². The van der Waals surface area contributed by atoms with Crippen LogP contribution in [0.1, 0.15) is 128 Å². The summed E-state index contributed by atoms with van der Waals surface area (Å²) in [5.41, 5.74) is 9.43. The quantitative estimate of drug-likeness (QED) is 0.0218. The number of carbonyl (C=O) groups is 4. The summed E-state index contributed by atoms with van der Waals surface area (Å²) < 4.78 is 49.2. The van der Waals surface area contributed by atoms with Crippen LogP contribution in [0.25, 0.3) is 259 Å². The Labute approximate surface area is 658 Å². The van der Waals surface area contributed by atoms with Crippen molar-refractivity contribution in [3.8, 4) is 0 Å². The zero-order chi connectivity index (χ0) is 76.7. The van der Waals surface area contributed by atoms with Crippen LogP contribution in [-0.4, -0.2) is 197 Å². The van der Waals surface area contributed by atoms with Gasteiger partial charge in [-0.2, -0.15) is 0 Å². The maximum Gasteiger partial charge on any atom is 0.320 e. The van der Waals surface area contributed by atoms with Crippen LogP contribution in [0, 0.1) is 0 Å². The molecule has 4 spiro atoms. The zero-order valence-electron chi connectivity index (χ0n) is 66.8. The first kappa shape index (κ1) is 61.6. The molecule has 4 unspecified atom stereocenters. The highest BCUT2D eigenvalue weighted by molar-refractivity contribution is 6.78. The zero-order valence-corrected chi connectivity index (χ0v) is 66.8. The highest BCUT2D eigenvalue weighted by atomic mass is 16.6. The first-order valence-corrected chi connectivity index (χ1v) is 42.9. The first-order chi connectivity index (χ1) is 55.8. The van der Waals surface area contributed by atoms with Gasteiger partial charge in [0.2, 0.25) is 0 Å². The molecule has 16 nitrogen and oxygen atoms in total. The summed E-state index contributed by atoms with van der Waals surface area (Å²) in [6.07, 6.45) is 0. The molecule has 0 saturated carbocycles. The van der Waals surface area contributed by atoms with Crippen LogP contribution >= 0.6 is 0 Å². The summed E-state index contributed by atoms with van der Waals surface area (Å²) in [6, 6.07) is 0. The third-order valence-corrected chi connectivity index (χ3v) is 32.8. The molecule has 568 valence electrons. The van der Waals surface area contributed by atoms with E-state index in [1.54, 1.807) is 313 Å². The maximum absolute atomic E-state index is 13.2. The molecule has 8 aliphatic carbocycles. The molecule has 24 aromatic carbocycles. The highest BCUT2D eigenvalue weighted by Crippen LogP contribution is 2.88. The number of hydrogen-bond donors (Lipinski definition) is 0. The Morgan fingerprint density at radius 1 is 0.233 bits per heavy atom. The second kappa shape index (κ2) is 17.2. The van der Waals surface area contributed by atoms with E-state index in [0.717, 1.165) is 39.3 Å². The average molecular weight is 1530 g/mol. The van der Waals surface area contributed by atoms with Crippen molar-refractivity contribution in [3.05, 3.63) is 44.5 Å². The topological polar surface area (TPSA) is 155 Å². The monoisotopic (exact) mass is 1520 g/mol. The molecule has 0 N–H and O–H groups in total. The summed E-state index contributed by atoms with van der Waals surface area (Å²) in [4.78, 5) is 62.1. The first-order valence-electron chi connectivity index (χ1n) is 42.9. The summed E-state index contributed by atoms with van der Waals surface area (Å²) in [6.45, 7) is 31.5. The minimum Gasteiger partial charge on any atom is -0.459 e. The standard InChI is InChI=1S/C100H76N4O12/c1-93(2,3)113-33(105)25-101(26-34(106)114-94(4,5)6)13-17-109-21-23-111-19-15-103-29-97-85-69-58-47-40-41-45-38-37-42-39-43(38)54-63-52(45)59-48(41)50-49(47)60-57-61(50)72-70(59)86-74(63)76-65(54)56-46(39)55-64-53(42)62(51(58)44(37)40)73(85)75(64)87-77-66(55)67(56)78-82-81(77)91(99(87,97)31-103)83-79(89(97)71(60)69)68(57)80-84(83)92(82)100(88(76)78)32-104(30-98(86,100)90(72)80)16-20-112-24-22-110-18-14-102(27-35(107)115-95(7,8)9)28-36(108)116-96(10,11)12/h13-32H2,1-12H3. The molecule has 116 heavy (non-hydrogen) atoms. The van der Waals surface area contributed by atoms with Gasteiger partial charge in [0.05, 0.1) is 101 Å². The Morgan fingerprint density at radius 2 is 0.379 bits per heavy atom. The van der Waals surface area contributed by atoms with E-state index in [2.05, 4.69) is 9.80 Å². The molecular weight excluding hydrogens is 1450 g/mol. The van der Waals surface area contributed by atoms with E-state index < -0.39 is 46.3 Å². The van der Waals surface area contributed by atoms with Gasteiger partial charge in [0.1, 0.15) is 22.4 Å².